The van der Waals surface area contributed by atoms with E-state index in [-0.39, 0.29) is 22.0 Å². The molecule has 170 valence electrons. The van der Waals surface area contributed by atoms with E-state index >= 15 is 0 Å². The van der Waals surface area contributed by atoms with E-state index in [1.54, 1.807) is 49.4 Å². The van der Waals surface area contributed by atoms with Gasteiger partial charge in [0.15, 0.2) is 0 Å². The lowest BCUT2D eigenvalue weighted by Crippen LogP contribution is -2.19. The monoisotopic (exact) mass is 511 g/mol. The molecule has 4 aromatic rings. The number of allylic oxidation sites excluding steroid dienone is 1. The summed E-state index contributed by atoms with van der Waals surface area (Å²) in [5.41, 5.74) is 0.205. The van der Waals surface area contributed by atoms with Gasteiger partial charge in [0.2, 0.25) is 15.7 Å². The predicted molar refractivity (Wildman–Crippen MR) is 130 cm³/mol. The Hall–Kier alpha value is -3.64. The Kier molecular flexibility index (Phi) is 6.44. The summed E-state index contributed by atoms with van der Waals surface area (Å²) in [5.74, 6) is 0.180. The molecule has 2 heterocycles. The molecule has 0 atom stereocenters. The number of nitriles is 1. The summed E-state index contributed by atoms with van der Waals surface area (Å²) in [6, 6.07) is 16.8. The van der Waals surface area contributed by atoms with Gasteiger partial charge < -0.3 is 4.74 Å². The molecular weight excluding hydrogens is 497 g/mol. The number of nitrogens with zero attached hydrogens (tertiary/aromatic N) is 3. The maximum absolute atomic E-state index is 13.3. The van der Waals surface area contributed by atoms with Gasteiger partial charge >= 0.3 is 0 Å². The number of aryl methyl sites for hydroxylation is 1. The lowest BCUT2D eigenvalue weighted by molar-refractivity contribution is 0.460. The van der Waals surface area contributed by atoms with Crippen LogP contribution in [0.4, 0.5) is 0 Å². The molecule has 0 unspecified atom stereocenters. The molecule has 2 aromatic carbocycles. The van der Waals surface area contributed by atoms with Gasteiger partial charge in [-0.15, -0.1) is 0 Å². The van der Waals surface area contributed by atoms with Crippen molar-refractivity contribution in [2.45, 2.75) is 11.8 Å². The van der Waals surface area contributed by atoms with E-state index in [1.807, 2.05) is 0 Å². The largest absolute Gasteiger partial charge is 0.438 e. The third kappa shape index (κ3) is 4.54. The van der Waals surface area contributed by atoms with Crippen molar-refractivity contribution in [1.82, 2.24) is 9.38 Å². The number of hydrogen-bond acceptors (Lipinski definition) is 6. The second-order valence-corrected chi connectivity index (χ2v) is 9.92. The Morgan fingerprint density at radius 3 is 2.53 bits per heavy atom. The average molecular weight is 512 g/mol. The smallest absolute Gasteiger partial charge is 0.269 e. The Labute approximate surface area is 205 Å². The van der Waals surface area contributed by atoms with Crippen LogP contribution < -0.4 is 10.3 Å². The molecule has 7 nitrogen and oxygen atoms in total. The van der Waals surface area contributed by atoms with Crippen LogP contribution in [-0.2, 0) is 9.84 Å². The topological polar surface area (TPSA) is 102 Å². The summed E-state index contributed by atoms with van der Waals surface area (Å²) >= 11 is 11.9. The SMILES string of the molecule is Cc1cc(Oc2nc3ccccn3c(=O)c2C=C(C#N)S(=O)(=O)c2ccc(Cl)cc2)ccc1Cl. The van der Waals surface area contributed by atoms with Gasteiger partial charge in [0.1, 0.15) is 27.9 Å². The Bertz CT molecular complexity index is 1650. The van der Waals surface area contributed by atoms with Crippen molar-refractivity contribution < 1.29 is 13.2 Å². The molecule has 0 amide bonds. The molecule has 2 aromatic heterocycles. The first-order valence-corrected chi connectivity index (χ1v) is 12.0. The standard InChI is InChI=1S/C24H15Cl2N3O4S/c1-15-12-17(7-10-21(15)26)33-23-20(24(30)29-11-3-2-4-22(29)28-23)13-19(14-27)34(31,32)18-8-5-16(25)6-9-18/h2-13H,1H3. The molecule has 0 aliphatic carbocycles. The van der Waals surface area contributed by atoms with Gasteiger partial charge in [0, 0.05) is 16.2 Å². The van der Waals surface area contributed by atoms with Crippen molar-refractivity contribution in [3.63, 3.8) is 0 Å². The van der Waals surface area contributed by atoms with E-state index in [0.717, 1.165) is 11.6 Å². The minimum Gasteiger partial charge on any atom is -0.438 e. The molecule has 0 aliphatic rings. The maximum atomic E-state index is 13.3. The van der Waals surface area contributed by atoms with Crippen LogP contribution >= 0.6 is 23.2 Å². The molecule has 0 aliphatic heterocycles. The molecule has 0 bridgehead atoms. The molecule has 0 radical (unpaired) electrons. The molecule has 0 saturated heterocycles. The van der Waals surface area contributed by atoms with Crippen LogP contribution in [0.25, 0.3) is 11.7 Å². The Morgan fingerprint density at radius 2 is 1.85 bits per heavy atom. The maximum Gasteiger partial charge on any atom is 0.269 e. The van der Waals surface area contributed by atoms with E-state index in [0.29, 0.717) is 15.8 Å². The highest BCUT2D eigenvalue weighted by Crippen LogP contribution is 2.29. The summed E-state index contributed by atoms with van der Waals surface area (Å²) in [6.45, 7) is 1.78. The quantitative estimate of drug-likeness (QED) is 0.330. The van der Waals surface area contributed by atoms with Gasteiger partial charge in [-0.1, -0.05) is 29.3 Å². The van der Waals surface area contributed by atoms with E-state index < -0.39 is 20.3 Å². The second kappa shape index (κ2) is 9.31. The first kappa shape index (κ1) is 23.5. The predicted octanol–water partition coefficient (Wildman–Crippen LogP) is 5.44. The van der Waals surface area contributed by atoms with Crippen LogP contribution in [0.15, 0.2) is 81.5 Å². The first-order valence-electron chi connectivity index (χ1n) is 9.78. The molecule has 4 rings (SSSR count). The number of ether oxygens (including phenoxy) is 1. The number of rotatable bonds is 5. The summed E-state index contributed by atoms with van der Waals surface area (Å²) in [4.78, 5) is 16.9. The fourth-order valence-electron chi connectivity index (χ4n) is 3.12. The number of halogens is 2. The minimum atomic E-state index is -4.25. The number of benzene rings is 2. The summed E-state index contributed by atoms with van der Waals surface area (Å²) in [6.07, 6.45) is 2.45. The van der Waals surface area contributed by atoms with E-state index in [4.69, 9.17) is 27.9 Å². The van der Waals surface area contributed by atoms with Crippen molar-refractivity contribution in [2.24, 2.45) is 0 Å². The molecule has 0 N–H and O–H groups in total. The second-order valence-electron chi connectivity index (χ2n) is 7.16. The van der Waals surface area contributed by atoms with Gasteiger partial charge in [0.25, 0.3) is 5.56 Å². The summed E-state index contributed by atoms with van der Waals surface area (Å²) < 4.78 is 33.3. The van der Waals surface area contributed by atoms with Crippen molar-refractivity contribution in [1.29, 1.82) is 5.26 Å². The van der Waals surface area contributed by atoms with E-state index in [9.17, 15) is 18.5 Å². The van der Waals surface area contributed by atoms with Gasteiger partial charge in [-0.25, -0.2) is 8.42 Å². The lowest BCUT2D eigenvalue weighted by atomic mass is 10.2. The number of hydrogen-bond donors (Lipinski definition) is 0. The van der Waals surface area contributed by atoms with Gasteiger partial charge in [-0.2, -0.15) is 10.2 Å². The molecule has 10 heteroatoms. The zero-order valence-electron chi connectivity index (χ0n) is 17.6. The molecule has 34 heavy (non-hydrogen) atoms. The van der Waals surface area contributed by atoms with Crippen LogP contribution in [-0.4, -0.2) is 17.8 Å². The lowest BCUT2D eigenvalue weighted by Gasteiger charge is -2.11. The number of fused-ring (bicyclic) bond motifs is 1. The van der Waals surface area contributed by atoms with E-state index in [2.05, 4.69) is 4.98 Å². The number of aromatic nitrogens is 2. The van der Waals surface area contributed by atoms with Gasteiger partial charge in [-0.05, 0) is 73.2 Å². The number of sulfone groups is 1. The van der Waals surface area contributed by atoms with Crippen LogP contribution in [0.1, 0.15) is 11.1 Å². The fraction of sp³-hybridized carbons (Fsp3) is 0.0417. The minimum absolute atomic E-state index is 0.144. The molecule has 0 fully saturated rings. The normalized spacial score (nSPS) is 11.9. The number of pyridine rings is 1. The third-order valence-electron chi connectivity index (χ3n) is 4.88. The first-order chi connectivity index (χ1) is 16.2. The molecule has 0 spiro atoms. The van der Waals surface area contributed by atoms with Crippen molar-refractivity contribution in [2.75, 3.05) is 0 Å². The molecule has 0 saturated carbocycles. The average Bonchev–Trinajstić information content (AvgIpc) is 2.81. The highest BCUT2D eigenvalue weighted by atomic mass is 35.5. The van der Waals surface area contributed by atoms with Crippen molar-refractivity contribution in [3.8, 4) is 17.7 Å². The van der Waals surface area contributed by atoms with Crippen LogP contribution in [0.5, 0.6) is 11.6 Å². The van der Waals surface area contributed by atoms with E-state index in [1.165, 1.54) is 34.9 Å². The Morgan fingerprint density at radius 1 is 1.12 bits per heavy atom. The fourth-order valence-corrected chi connectivity index (χ4v) is 4.50. The van der Waals surface area contributed by atoms with Crippen molar-refractivity contribution in [3.05, 3.63) is 103 Å². The zero-order chi connectivity index (χ0) is 24.5. The van der Waals surface area contributed by atoms with Gasteiger partial charge in [0.05, 0.1) is 4.90 Å². The summed E-state index contributed by atoms with van der Waals surface area (Å²) in [5, 5.41) is 10.6. The molecular formula is C24H15Cl2N3O4S. The van der Waals surface area contributed by atoms with Crippen LogP contribution in [0, 0.1) is 18.3 Å². The summed E-state index contributed by atoms with van der Waals surface area (Å²) in [7, 11) is -4.25. The van der Waals surface area contributed by atoms with Gasteiger partial charge in [-0.3, -0.25) is 9.20 Å². The zero-order valence-corrected chi connectivity index (χ0v) is 19.9. The Balaban J connectivity index is 1.93. The van der Waals surface area contributed by atoms with Crippen molar-refractivity contribution >= 4 is 44.8 Å². The highest BCUT2D eigenvalue weighted by molar-refractivity contribution is 7.95. The van der Waals surface area contributed by atoms with Crippen LogP contribution in [0.2, 0.25) is 10.0 Å². The third-order valence-corrected chi connectivity index (χ3v) is 7.23. The highest BCUT2D eigenvalue weighted by Gasteiger charge is 2.23. The van der Waals surface area contributed by atoms with Crippen LogP contribution in [0.3, 0.4) is 0 Å².